The van der Waals surface area contributed by atoms with Crippen molar-refractivity contribution in [2.75, 3.05) is 17.1 Å². The monoisotopic (exact) mass is 580 g/mol. The third-order valence-electron chi connectivity index (χ3n) is 6.66. The van der Waals surface area contributed by atoms with Crippen molar-refractivity contribution in [2.24, 2.45) is 0 Å². The van der Waals surface area contributed by atoms with Crippen LogP contribution in [0.25, 0.3) is 0 Å². The van der Waals surface area contributed by atoms with E-state index in [1.165, 1.54) is 17.0 Å². The molecule has 0 saturated heterocycles. The molecule has 2 amide bonds. The van der Waals surface area contributed by atoms with Gasteiger partial charge in [-0.3, -0.25) is 24.0 Å². The van der Waals surface area contributed by atoms with Gasteiger partial charge in [0.15, 0.2) is 0 Å². The van der Waals surface area contributed by atoms with Gasteiger partial charge in [0.25, 0.3) is 5.69 Å². The molecule has 3 aromatic rings. The lowest BCUT2D eigenvalue weighted by Gasteiger charge is -2.34. The van der Waals surface area contributed by atoms with Crippen molar-refractivity contribution in [3.05, 3.63) is 105 Å². The molecular weight excluding hydrogens is 544 g/mol. The van der Waals surface area contributed by atoms with Gasteiger partial charge in [-0.25, -0.2) is 8.42 Å². The maximum Gasteiger partial charge on any atom is 0.271 e. The molecule has 11 heteroatoms. The summed E-state index contributed by atoms with van der Waals surface area (Å²) in [5.41, 5.74) is 2.70. The molecule has 1 N–H and O–H groups in total. The molecule has 0 aliphatic carbocycles. The van der Waals surface area contributed by atoms with Crippen LogP contribution in [-0.2, 0) is 32.6 Å². The second-order valence-corrected chi connectivity index (χ2v) is 12.2. The normalized spacial score (nSPS) is 12.0. The second kappa shape index (κ2) is 13.4. The fourth-order valence-corrected chi connectivity index (χ4v) is 5.38. The van der Waals surface area contributed by atoms with Crippen LogP contribution in [0.5, 0.6) is 0 Å². The summed E-state index contributed by atoms with van der Waals surface area (Å²) in [6.45, 7) is 6.56. The molecule has 3 rings (SSSR count). The number of amides is 2. The summed E-state index contributed by atoms with van der Waals surface area (Å²) in [6, 6.07) is 19.4. The fraction of sp³-hybridized carbons (Fsp3) is 0.333. The van der Waals surface area contributed by atoms with Crippen molar-refractivity contribution in [3.63, 3.8) is 0 Å². The van der Waals surface area contributed by atoms with Gasteiger partial charge in [0, 0.05) is 31.1 Å². The number of carbonyl (C=O) groups is 2. The summed E-state index contributed by atoms with van der Waals surface area (Å²) in [6.07, 6.45) is 1.14. The van der Waals surface area contributed by atoms with Gasteiger partial charge in [-0.05, 0) is 49.9 Å². The molecule has 10 nitrogen and oxygen atoms in total. The third-order valence-corrected chi connectivity index (χ3v) is 7.78. The summed E-state index contributed by atoms with van der Waals surface area (Å²) >= 11 is 0. The van der Waals surface area contributed by atoms with E-state index in [1.54, 1.807) is 6.92 Å². The minimum absolute atomic E-state index is 0.0251. The topological polar surface area (TPSA) is 130 Å². The van der Waals surface area contributed by atoms with Gasteiger partial charge < -0.3 is 10.2 Å². The van der Waals surface area contributed by atoms with Gasteiger partial charge in [-0.1, -0.05) is 60.7 Å². The Morgan fingerprint density at radius 1 is 0.951 bits per heavy atom. The molecule has 0 unspecified atom stereocenters. The summed E-state index contributed by atoms with van der Waals surface area (Å²) in [5.74, 6) is -0.993. The van der Waals surface area contributed by atoms with Crippen LogP contribution in [0, 0.1) is 24.0 Å². The van der Waals surface area contributed by atoms with Crippen molar-refractivity contribution in [3.8, 4) is 0 Å². The van der Waals surface area contributed by atoms with Crippen molar-refractivity contribution in [2.45, 2.75) is 52.7 Å². The number of non-ortho nitro benzene ring substituents is 1. The zero-order chi connectivity index (χ0) is 30.3. The highest BCUT2D eigenvalue weighted by Crippen LogP contribution is 2.28. The van der Waals surface area contributed by atoms with Gasteiger partial charge in [0.1, 0.15) is 12.6 Å². The summed E-state index contributed by atoms with van der Waals surface area (Å²) in [4.78, 5) is 40.0. The number of nitrogens with zero attached hydrogens (tertiary/aromatic N) is 3. The predicted octanol–water partition coefficient (Wildman–Crippen LogP) is 4.14. The van der Waals surface area contributed by atoms with E-state index in [-0.39, 0.29) is 36.3 Å². The van der Waals surface area contributed by atoms with Crippen LogP contribution in [0.1, 0.15) is 36.1 Å². The Labute approximate surface area is 241 Å². The quantitative estimate of drug-likeness (QED) is 0.253. The van der Waals surface area contributed by atoms with Crippen molar-refractivity contribution < 1.29 is 22.9 Å². The van der Waals surface area contributed by atoms with Crippen molar-refractivity contribution in [1.82, 2.24) is 10.2 Å². The Morgan fingerprint density at radius 2 is 1.59 bits per heavy atom. The highest BCUT2D eigenvalue weighted by Gasteiger charge is 2.34. The minimum atomic E-state index is -4.05. The molecule has 0 aliphatic rings. The lowest BCUT2D eigenvalue weighted by Crippen LogP contribution is -2.54. The van der Waals surface area contributed by atoms with Crippen LogP contribution >= 0.6 is 0 Å². The van der Waals surface area contributed by atoms with E-state index >= 15 is 0 Å². The van der Waals surface area contributed by atoms with E-state index in [0.29, 0.717) is 5.56 Å². The Hall–Kier alpha value is -4.25. The van der Waals surface area contributed by atoms with E-state index in [9.17, 15) is 28.1 Å². The Morgan fingerprint density at radius 3 is 2.17 bits per heavy atom. The molecule has 0 aromatic heterocycles. The lowest BCUT2D eigenvalue weighted by atomic mass is 10.0. The van der Waals surface area contributed by atoms with Crippen LogP contribution in [0.4, 0.5) is 11.4 Å². The number of sulfonamides is 1. The van der Waals surface area contributed by atoms with Crippen LogP contribution in [0.2, 0.25) is 0 Å². The van der Waals surface area contributed by atoms with Gasteiger partial charge >= 0.3 is 0 Å². The number of nitrogens with one attached hydrogen (secondary N) is 1. The Balaban J connectivity index is 2.12. The highest BCUT2D eigenvalue weighted by atomic mass is 32.2. The molecule has 0 bridgehead atoms. The molecule has 0 fully saturated rings. The van der Waals surface area contributed by atoms with Crippen LogP contribution in [0.3, 0.4) is 0 Å². The largest absolute Gasteiger partial charge is 0.352 e. The van der Waals surface area contributed by atoms with Gasteiger partial charge in [-0.2, -0.15) is 0 Å². The molecule has 0 saturated carbocycles. The maximum absolute atomic E-state index is 14.1. The third kappa shape index (κ3) is 8.37. The number of hydrogen-bond donors (Lipinski definition) is 1. The first-order valence-electron chi connectivity index (χ1n) is 13.2. The lowest BCUT2D eigenvalue weighted by molar-refractivity contribution is -0.384. The van der Waals surface area contributed by atoms with Crippen LogP contribution < -0.4 is 9.62 Å². The molecule has 0 heterocycles. The molecule has 0 aliphatic heterocycles. The van der Waals surface area contributed by atoms with Gasteiger partial charge in [-0.15, -0.1) is 0 Å². The molecule has 0 spiro atoms. The number of hydrogen-bond acceptors (Lipinski definition) is 6. The Kier molecular flexibility index (Phi) is 10.2. The smallest absolute Gasteiger partial charge is 0.271 e. The zero-order valence-corrected chi connectivity index (χ0v) is 24.7. The molecule has 0 radical (unpaired) electrons. The van der Waals surface area contributed by atoms with Gasteiger partial charge in [0.2, 0.25) is 21.8 Å². The number of aryl methyl sites for hydroxylation is 2. The predicted molar refractivity (Wildman–Crippen MR) is 159 cm³/mol. The molecule has 1 atom stereocenters. The number of rotatable bonds is 12. The van der Waals surface area contributed by atoms with Crippen molar-refractivity contribution in [1.29, 1.82) is 0 Å². The van der Waals surface area contributed by atoms with Gasteiger partial charge in [0.05, 0.1) is 16.9 Å². The summed E-state index contributed by atoms with van der Waals surface area (Å²) < 4.78 is 26.8. The fourth-order valence-electron chi connectivity index (χ4n) is 4.48. The first kappa shape index (κ1) is 31.3. The number of anilines is 1. The second-order valence-electron chi connectivity index (χ2n) is 10.3. The maximum atomic E-state index is 14.1. The highest BCUT2D eigenvalue weighted by molar-refractivity contribution is 7.92. The SMILES string of the molecule is Cc1ccccc1CN(C(=O)CN(c1cc([N+](=O)[O-])ccc1C)S(C)(=O)=O)[C@@H](Cc1ccccc1)C(=O)NC(C)C. The molecule has 41 heavy (non-hydrogen) atoms. The first-order chi connectivity index (χ1) is 19.3. The average Bonchev–Trinajstić information content (AvgIpc) is 2.90. The van der Waals surface area contributed by atoms with E-state index in [2.05, 4.69) is 5.32 Å². The summed E-state index contributed by atoms with van der Waals surface area (Å²) in [7, 11) is -4.05. The average molecular weight is 581 g/mol. The first-order valence-corrected chi connectivity index (χ1v) is 15.0. The van der Waals surface area contributed by atoms with Crippen LogP contribution in [-0.4, -0.2) is 54.9 Å². The van der Waals surface area contributed by atoms with E-state index in [4.69, 9.17) is 0 Å². The van der Waals surface area contributed by atoms with Crippen LogP contribution in [0.15, 0.2) is 72.8 Å². The summed E-state index contributed by atoms with van der Waals surface area (Å²) in [5, 5.41) is 14.3. The number of nitro benzene ring substituents is 1. The molecule has 3 aromatic carbocycles. The molecular formula is C30H36N4O6S. The number of benzene rings is 3. The van der Waals surface area contributed by atoms with E-state index in [0.717, 1.165) is 33.3 Å². The van der Waals surface area contributed by atoms with E-state index < -0.39 is 33.4 Å². The van der Waals surface area contributed by atoms with Crippen molar-refractivity contribution >= 4 is 33.2 Å². The number of nitro groups is 1. The zero-order valence-electron chi connectivity index (χ0n) is 23.9. The Bertz CT molecular complexity index is 1510. The number of carbonyl (C=O) groups excluding carboxylic acids is 2. The standard InChI is InChI=1S/C30H36N4O6S/c1-21(2)31-30(36)28(17-24-12-7-6-8-13-24)32(19-25-14-10-9-11-22(25)3)29(35)20-33(41(5,39)40)27-18-26(34(37)38)16-15-23(27)4/h6-16,18,21,28H,17,19-20H2,1-5H3,(H,31,36)/t28-/m0/s1. The molecule has 218 valence electrons. The minimum Gasteiger partial charge on any atom is -0.352 e. The van der Waals surface area contributed by atoms with E-state index in [1.807, 2.05) is 75.4 Å².